The lowest BCUT2D eigenvalue weighted by Crippen LogP contribution is -2.37. The average Bonchev–Trinajstić information content (AvgIpc) is 2.61. The van der Waals surface area contributed by atoms with Crippen LogP contribution in [0.5, 0.6) is 0 Å². The Morgan fingerprint density at radius 1 is 1.25 bits per heavy atom. The molecule has 0 bridgehead atoms. The fourth-order valence-corrected chi connectivity index (χ4v) is 1.70. The summed E-state index contributed by atoms with van der Waals surface area (Å²) in [5.74, 6) is 1.17. The lowest BCUT2D eigenvalue weighted by Gasteiger charge is -2.25. The number of nitrogen functional groups attached to an aromatic ring is 1. The fourth-order valence-electron chi connectivity index (χ4n) is 1.70. The summed E-state index contributed by atoms with van der Waals surface area (Å²) in [4.78, 5) is 6.40. The molecule has 1 aromatic rings. The minimum Gasteiger partial charge on any atom is -0.378 e. The van der Waals surface area contributed by atoms with Crippen molar-refractivity contribution in [3.8, 4) is 0 Å². The van der Waals surface area contributed by atoms with Crippen LogP contribution in [0.1, 0.15) is 20.8 Å². The molecule has 0 aliphatic carbocycles. The van der Waals surface area contributed by atoms with Crippen LogP contribution in [-0.4, -0.2) is 41.1 Å². The van der Waals surface area contributed by atoms with Crippen LogP contribution in [-0.2, 0) is 10.3 Å². The van der Waals surface area contributed by atoms with Crippen molar-refractivity contribution in [2.75, 3.05) is 36.9 Å². The molecule has 6 heteroatoms. The number of rotatable bonds is 1. The van der Waals surface area contributed by atoms with Crippen molar-refractivity contribution in [2.24, 2.45) is 0 Å². The molecule has 1 aliphatic heterocycles. The molecule has 90 valence electrons. The third kappa shape index (κ3) is 2.11. The van der Waals surface area contributed by atoms with Crippen molar-refractivity contribution in [1.82, 2.24) is 14.8 Å². The molecular weight excluding hydrogens is 206 g/mol. The molecule has 2 heterocycles. The minimum absolute atomic E-state index is 0.137. The van der Waals surface area contributed by atoms with Gasteiger partial charge in [-0.05, 0) is 20.8 Å². The zero-order chi connectivity index (χ0) is 11.8. The minimum atomic E-state index is -0.137. The van der Waals surface area contributed by atoms with Crippen molar-refractivity contribution in [1.29, 1.82) is 0 Å². The largest absolute Gasteiger partial charge is 0.378 e. The number of hydrogen-bond donors (Lipinski definition) is 1. The highest BCUT2D eigenvalue weighted by molar-refractivity contribution is 5.36. The number of ether oxygens (including phenoxy) is 1. The Morgan fingerprint density at radius 2 is 1.88 bits per heavy atom. The Bertz CT molecular complexity index is 362. The number of nitrogens with two attached hydrogens (primary N) is 1. The molecule has 2 N–H and O–H groups in total. The molecule has 0 spiro atoms. The Kier molecular flexibility index (Phi) is 2.75. The normalized spacial score (nSPS) is 17.8. The van der Waals surface area contributed by atoms with E-state index in [1.54, 1.807) is 4.68 Å². The molecule has 1 fully saturated rings. The van der Waals surface area contributed by atoms with Crippen LogP contribution < -0.4 is 10.6 Å². The van der Waals surface area contributed by atoms with Crippen LogP contribution in [0.2, 0.25) is 0 Å². The topological polar surface area (TPSA) is 69.2 Å². The maximum absolute atomic E-state index is 5.87. The maximum Gasteiger partial charge on any atom is 0.246 e. The van der Waals surface area contributed by atoms with Gasteiger partial charge >= 0.3 is 0 Å². The maximum atomic E-state index is 5.87. The van der Waals surface area contributed by atoms with Crippen LogP contribution in [0.25, 0.3) is 0 Å². The van der Waals surface area contributed by atoms with Crippen molar-refractivity contribution in [3.63, 3.8) is 0 Å². The van der Waals surface area contributed by atoms with E-state index in [1.807, 2.05) is 0 Å². The van der Waals surface area contributed by atoms with E-state index in [9.17, 15) is 0 Å². The van der Waals surface area contributed by atoms with E-state index in [2.05, 4.69) is 35.8 Å². The van der Waals surface area contributed by atoms with Crippen molar-refractivity contribution in [3.05, 3.63) is 0 Å². The van der Waals surface area contributed by atoms with Crippen LogP contribution in [0.15, 0.2) is 0 Å². The monoisotopic (exact) mass is 225 g/mol. The quantitative estimate of drug-likeness (QED) is 0.751. The van der Waals surface area contributed by atoms with E-state index in [1.165, 1.54) is 0 Å². The van der Waals surface area contributed by atoms with E-state index in [0.29, 0.717) is 11.9 Å². The van der Waals surface area contributed by atoms with Gasteiger partial charge in [-0.25, -0.2) is 4.68 Å². The molecule has 0 amide bonds. The summed E-state index contributed by atoms with van der Waals surface area (Å²) in [6.07, 6.45) is 0. The van der Waals surface area contributed by atoms with Crippen LogP contribution in [0.4, 0.5) is 11.9 Å². The van der Waals surface area contributed by atoms with Gasteiger partial charge < -0.3 is 15.4 Å². The van der Waals surface area contributed by atoms with Gasteiger partial charge in [-0.1, -0.05) is 0 Å². The smallest absolute Gasteiger partial charge is 0.246 e. The van der Waals surface area contributed by atoms with E-state index in [-0.39, 0.29) is 5.54 Å². The molecule has 0 unspecified atom stereocenters. The molecular formula is C10H19N5O. The van der Waals surface area contributed by atoms with Gasteiger partial charge in [0.15, 0.2) is 0 Å². The second-order valence-electron chi connectivity index (χ2n) is 4.95. The highest BCUT2D eigenvalue weighted by Crippen LogP contribution is 2.20. The zero-order valence-electron chi connectivity index (χ0n) is 10.1. The van der Waals surface area contributed by atoms with Gasteiger partial charge in [-0.15, -0.1) is 5.10 Å². The lowest BCUT2D eigenvalue weighted by atomic mass is 10.1. The first-order chi connectivity index (χ1) is 7.48. The summed E-state index contributed by atoms with van der Waals surface area (Å²) in [6.45, 7) is 9.28. The van der Waals surface area contributed by atoms with Crippen LogP contribution in [0, 0.1) is 0 Å². The number of anilines is 2. The third-order valence-corrected chi connectivity index (χ3v) is 2.55. The summed E-state index contributed by atoms with van der Waals surface area (Å²) < 4.78 is 7.05. The van der Waals surface area contributed by atoms with Gasteiger partial charge in [-0.2, -0.15) is 4.98 Å². The van der Waals surface area contributed by atoms with Gasteiger partial charge in [0.05, 0.1) is 18.8 Å². The van der Waals surface area contributed by atoms with Crippen LogP contribution in [0.3, 0.4) is 0 Å². The van der Waals surface area contributed by atoms with E-state index in [0.717, 1.165) is 26.3 Å². The SMILES string of the molecule is CC(C)(C)n1nc(N2CCOCC2)nc1N. The van der Waals surface area contributed by atoms with Gasteiger partial charge in [0.25, 0.3) is 0 Å². The summed E-state index contributed by atoms with van der Waals surface area (Å²) in [6, 6.07) is 0. The van der Waals surface area contributed by atoms with E-state index >= 15 is 0 Å². The zero-order valence-corrected chi connectivity index (χ0v) is 10.1. The van der Waals surface area contributed by atoms with Crippen molar-refractivity contribution in [2.45, 2.75) is 26.3 Å². The Hall–Kier alpha value is -1.30. The predicted molar refractivity (Wildman–Crippen MR) is 62.5 cm³/mol. The first kappa shape index (κ1) is 11.2. The standard InChI is InChI=1S/C10H19N5O/c1-10(2,3)15-8(11)12-9(13-15)14-4-6-16-7-5-14/h4-7H2,1-3H3,(H2,11,12,13). The third-order valence-electron chi connectivity index (χ3n) is 2.55. The average molecular weight is 225 g/mol. The molecule has 6 nitrogen and oxygen atoms in total. The molecule has 16 heavy (non-hydrogen) atoms. The Morgan fingerprint density at radius 3 is 2.38 bits per heavy atom. The molecule has 0 atom stereocenters. The number of aromatic nitrogens is 3. The first-order valence-corrected chi connectivity index (χ1v) is 5.54. The van der Waals surface area contributed by atoms with Crippen LogP contribution >= 0.6 is 0 Å². The number of morpholine rings is 1. The summed E-state index contributed by atoms with van der Waals surface area (Å²) in [5, 5.41) is 4.46. The molecule has 0 aromatic carbocycles. The lowest BCUT2D eigenvalue weighted by molar-refractivity contribution is 0.122. The van der Waals surface area contributed by atoms with Crippen molar-refractivity contribution < 1.29 is 4.74 Å². The second kappa shape index (κ2) is 3.93. The summed E-state index contributed by atoms with van der Waals surface area (Å²) in [7, 11) is 0. The summed E-state index contributed by atoms with van der Waals surface area (Å²) >= 11 is 0. The van der Waals surface area contributed by atoms with Gasteiger partial charge in [0.2, 0.25) is 11.9 Å². The van der Waals surface area contributed by atoms with Gasteiger partial charge in [0, 0.05) is 13.1 Å². The number of nitrogens with zero attached hydrogens (tertiary/aromatic N) is 4. The molecule has 0 saturated carbocycles. The number of hydrogen-bond acceptors (Lipinski definition) is 5. The molecule has 1 aliphatic rings. The molecule has 1 aromatic heterocycles. The predicted octanol–water partition coefficient (Wildman–Crippen LogP) is 0.452. The first-order valence-electron chi connectivity index (χ1n) is 5.54. The molecule has 0 radical (unpaired) electrons. The summed E-state index contributed by atoms with van der Waals surface area (Å²) in [5.41, 5.74) is 5.73. The van der Waals surface area contributed by atoms with E-state index in [4.69, 9.17) is 10.5 Å². The Balaban J connectivity index is 2.23. The van der Waals surface area contributed by atoms with E-state index < -0.39 is 0 Å². The second-order valence-corrected chi connectivity index (χ2v) is 4.95. The van der Waals surface area contributed by atoms with Gasteiger partial charge in [0.1, 0.15) is 0 Å². The highest BCUT2D eigenvalue weighted by Gasteiger charge is 2.22. The highest BCUT2D eigenvalue weighted by atomic mass is 16.5. The Labute approximate surface area is 95.4 Å². The van der Waals surface area contributed by atoms with Crippen molar-refractivity contribution >= 4 is 11.9 Å². The van der Waals surface area contributed by atoms with Gasteiger partial charge in [-0.3, -0.25) is 0 Å². The fraction of sp³-hybridized carbons (Fsp3) is 0.800. The molecule has 1 saturated heterocycles. The molecule has 2 rings (SSSR count).